The topological polar surface area (TPSA) is 86.9 Å². The zero-order valence-corrected chi connectivity index (χ0v) is 26.0. The normalized spacial score (nSPS) is 15.1. The number of aromatic amines is 2. The fourth-order valence-corrected chi connectivity index (χ4v) is 5.98. The first-order valence-electron chi connectivity index (χ1n) is 14.7. The highest BCUT2D eigenvalue weighted by atomic mass is 16.5. The number of likely N-dealkylation sites (N-methyl/N-ethyl adjacent to an activating group) is 1. The molecule has 7 nitrogen and oxygen atoms in total. The molecular weight excluding hydrogens is 510 g/mol. The third kappa shape index (κ3) is 5.23. The number of hydrogen-bond donors (Lipinski definition) is 2. The van der Waals surface area contributed by atoms with E-state index in [0.29, 0.717) is 13.2 Å². The summed E-state index contributed by atoms with van der Waals surface area (Å²) in [6, 6.07) is 6.59. The average Bonchev–Trinajstić information content (AvgIpc) is 3.62. The molecule has 1 unspecified atom stereocenters. The van der Waals surface area contributed by atoms with E-state index in [1.54, 1.807) is 12.0 Å². The smallest absolute Gasteiger partial charge is 0.226 e. The lowest BCUT2D eigenvalue weighted by Crippen LogP contribution is -2.31. The largest absolute Gasteiger partial charge is 0.383 e. The van der Waals surface area contributed by atoms with Crippen molar-refractivity contribution in [3.63, 3.8) is 0 Å². The highest BCUT2D eigenvalue weighted by molar-refractivity contribution is 5.93. The van der Waals surface area contributed by atoms with Gasteiger partial charge < -0.3 is 19.6 Å². The van der Waals surface area contributed by atoms with Crippen molar-refractivity contribution >= 4 is 39.1 Å². The summed E-state index contributed by atoms with van der Waals surface area (Å²) in [4.78, 5) is 32.9. The Morgan fingerprint density at radius 2 is 1.59 bits per heavy atom. The number of aryl methyl sites for hydroxylation is 4. The van der Waals surface area contributed by atoms with E-state index in [1.165, 1.54) is 22.3 Å². The van der Waals surface area contributed by atoms with Gasteiger partial charge in [0.15, 0.2) is 0 Å². The summed E-state index contributed by atoms with van der Waals surface area (Å²) in [7, 11) is 3.49. The molecule has 0 aromatic carbocycles. The van der Waals surface area contributed by atoms with Crippen LogP contribution in [0.15, 0.2) is 18.2 Å². The standard InChI is InChI=1S/C34H43N5O2/c1-10-24-23(7)30-16-28-20(4)19(3)27(36-28)15-26-18(2)13-31(35-26)25(14-33(40)39(8)11-12-41-9)34-22(6)21(5)29(38-34)17-32(24)37-30/h15-18,36-37H,10-14H2,1-9H3. The second-order valence-corrected chi connectivity index (χ2v) is 11.7. The van der Waals surface area contributed by atoms with Gasteiger partial charge in [0.2, 0.25) is 5.91 Å². The molecule has 8 bridgehead atoms. The number of carbonyl (C=O) groups excluding carboxylic acids is 1. The van der Waals surface area contributed by atoms with Crippen LogP contribution in [0.1, 0.15) is 84.2 Å². The van der Waals surface area contributed by atoms with Crippen LogP contribution in [0.4, 0.5) is 0 Å². The van der Waals surface area contributed by atoms with E-state index in [9.17, 15) is 4.79 Å². The number of fused-ring (bicyclic) bond motifs is 8. The number of ether oxygens (including phenoxy) is 1. The third-order valence-electron chi connectivity index (χ3n) is 9.13. The molecule has 0 radical (unpaired) electrons. The van der Waals surface area contributed by atoms with Crippen LogP contribution < -0.4 is 0 Å². The Labute approximate surface area is 243 Å². The summed E-state index contributed by atoms with van der Waals surface area (Å²) < 4.78 is 5.22. The maximum Gasteiger partial charge on any atom is 0.226 e. The lowest BCUT2D eigenvalue weighted by Gasteiger charge is -2.17. The van der Waals surface area contributed by atoms with Crippen LogP contribution in [-0.2, 0) is 28.8 Å². The van der Waals surface area contributed by atoms with E-state index in [2.05, 4.69) is 76.6 Å². The van der Waals surface area contributed by atoms with E-state index in [0.717, 1.165) is 74.4 Å². The molecule has 3 aromatic rings. The van der Waals surface area contributed by atoms with Gasteiger partial charge in [0.1, 0.15) is 0 Å². The molecule has 0 saturated carbocycles. The van der Waals surface area contributed by atoms with Crippen LogP contribution in [0.25, 0.3) is 33.2 Å². The summed E-state index contributed by atoms with van der Waals surface area (Å²) in [5.74, 6) is 0.272. The fourth-order valence-electron chi connectivity index (χ4n) is 5.98. The molecule has 0 saturated heterocycles. The van der Waals surface area contributed by atoms with E-state index in [-0.39, 0.29) is 18.2 Å². The summed E-state index contributed by atoms with van der Waals surface area (Å²) in [6.07, 6.45) is 1.95. The van der Waals surface area contributed by atoms with Gasteiger partial charge in [-0.3, -0.25) is 9.78 Å². The highest BCUT2D eigenvalue weighted by Crippen LogP contribution is 2.35. The lowest BCUT2D eigenvalue weighted by molar-refractivity contribution is -0.129. The predicted octanol–water partition coefficient (Wildman–Crippen LogP) is 6.75. The van der Waals surface area contributed by atoms with Crippen LogP contribution >= 0.6 is 0 Å². The monoisotopic (exact) mass is 553 g/mol. The van der Waals surface area contributed by atoms with Gasteiger partial charge in [-0.15, -0.1) is 0 Å². The zero-order valence-electron chi connectivity index (χ0n) is 26.0. The van der Waals surface area contributed by atoms with Crippen molar-refractivity contribution in [1.29, 1.82) is 0 Å². The second kappa shape index (κ2) is 11.3. The number of rotatable bonds is 6. The number of nitrogens with one attached hydrogen (secondary N) is 2. The number of aromatic nitrogens is 4. The molecule has 0 spiro atoms. The lowest BCUT2D eigenvalue weighted by atomic mass is 9.97. The van der Waals surface area contributed by atoms with Crippen molar-refractivity contribution in [3.05, 3.63) is 68.8 Å². The quantitative estimate of drug-likeness (QED) is 0.354. The van der Waals surface area contributed by atoms with Crippen LogP contribution in [0.2, 0.25) is 0 Å². The summed E-state index contributed by atoms with van der Waals surface area (Å²) >= 11 is 0. The average molecular weight is 554 g/mol. The van der Waals surface area contributed by atoms with E-state index in [1.807, 2.05) is 7.05 Å². The van der Waals surface area contributed by atoms with Crippen molar-refractivity contribution in [3.8, 4) is 0 Å². The molecule has 3 aromatic heterocycles. The Hall–Kier alpha value is -3.71. The zero-order chi connectivity index (χ0) is 29.6. The maximum atomic E-state index is 13.4. The Morgan fingerprint density at radius 3 is 2.27 bits per heavy atom. The van der Waals surface area contributed by atoms with Crippen molar-refractivity contribution < 1.29 is 9.53 Å². The number of amides is 1. The van der Waals surface area contributed by atoms with Crippen molar-refractivity contribution in [2.24, 2.45) is 0 Å². The van der Waals surface area contributed by atoms with Gasteiger partial charge in [-0.05, 0) is 99.1 Å². The number of carbonyl (C=O) groups is 1. The first-order chi connectivity index (χ1) is 19.5. The minimum Gasteiger partial charge on any atom is -0.383 e. The third-order valence-corrected chi connectivity index (χ3v) is 9.13. The molecule has 0 fully saturated rings. The highest BCUT2D eigenvalue weighted by Gasteiger charge is 2.26. The van der Waals surface area contributed by atoms with Crippen molar-refractivity contribution in [2.45, 2.75) is 73.6 Å². The molecule has 2 aliphatic rings. The van der Waals surface area contributed by atoms with Gasteiger partial charge in [0.05, 0.1) is 24.4 Å². The molecule has 2 N–H and O–H groups in total. The molecule has 5 rings (SSSR count). The second-order valence-electron chi connectivity index (χ2n) is 11.7. The molecule has 0 aliphatic carbocycles. The van der Waals surface area contributed by atoms with Gasteiger partial charge in [-0.25, -0.2) is 4.98 Å². The number of methoxy groups -OCH3 is 1. The summed E-state index contributed by atoms with van der Waals surface area (Å²) in [6.45, 7) is 16.2. The molecule has 1 atom stereocenters. The predicted molar refractivity (Wildman–Crippen MR) is 168 cm³/mol. The Bertz CT molecular complexity index is 1720. The van der Waals surface area contributed by atoms with Gasteiger partial charge >= 0.3 is 0 Å². The first kappa shape index (κ1) is 28.8. The molecule has 2 aliphatic heterocycles. The molecule has 7 heteroatoms. The fraction of sp³-hybridized carbons (Fsp3) is 0.441. The van der Waals surface area contributed by atoms with Crippen molar-refractivity contribution in [1.82, 2.24) is 24.8 Å². The molecule has 5 heterocycles. The molecule has 1 amide bonds. The summed E-state index contributed by atoms with van der Waals surface area (Å²) in [5, 5.41) is 0. The molecule has 216 valence electrons. The SMILES string of the molecule is CCc1c(C)c2cc3[nH]c(cc4nc(c(CC(=O)N(C)CCOC)c5nc(cc1[nH]2)C(C)=C5C)CC4C)c(C)c3C. The van der Waals surface area contributed by atoms with Crippen LogP contribution in [0.3, 0.4) is 0 Å². The van der Waals surface area contributed by atoms with Crippen LogP contribution in [0.5, 0.6) is 0 Å². The minimum atomic E-state index is 0.0405. The number of allylic oxidation sites excluding steroid dienone is 2. The summed E-state index contributed by atoms with van der Waals surface area (Å²) in [5.41, 5.74) is 16.3. The Balaban J connectivity index is 1.88. The van der Waals surface area contributed by atoms with Crippen molar-refractivity contribution in [2.75, 3.05) is 27.3 Å². The Kier molecular flexibility index (Phi) is 7.93. The number of nitrogens with zero attached hydrogens (tertiary/aromatic N) is 3. The van der Waals surface area contributed by atoms with Crippen LogP contribution in [-0.4, -0.2) is 58.1 Å². The van der Waals surface area contributed by atoms with E-state index in [4.69, 9.17) is 14.7 Å². The van der Waals surface area contributed by atoms with E-state index >= 15 is 0 Å². The first-order valence-corrected chi connectivity index (χ1v) is 14.7. The molecule has 41 heavy (non-hydrogen) atoms. The van der Waals surface area contributed by atoms with Gasteiger partial charge in [0.25, 0.3) is 0 Å². The van der Waals surface area contributed by atoms with Gasteiger partial charge in [-0.2, -0.15) is 0 Å². The minimum absolute atomic E-state index is 0.0405. The maximum absolute atomic E-state index is 13.4. The van der Waals surface area contributed by atoms with Gasteiger partial charge in [0, 0.05) is 65.6 Å². The Morgan fingerprint density at radius 1 is 0.927 bits per heavy atom. The van der Waals surface area contributed by atoms with Gasteiger partial charge in [-0.1, -0.05) is 13.8 Å². The number of hydrogen-bond acceptors (Lipinski definition) is 4. The van der Waals surface area contributed by atoms with E-state index < -0.39 is 0 Å². The number of H-pyrrole nitrogens is 2. The van der Waals surface area contributed by atoms with Crippen LogP contribution in [0, 0.1) is 20.8 Å². The molecular formula is C34H43N5O2.